The number of nitrogens with zero attached hydrogens (tertiary/aromatic N) is 5. The molecule has 0 atom stereocenters. The molecule has 0 heterocycles. The molecule has 31 heavy (non-hydrogen) atoms. The zero-order valence-corrected chi connectivity index (χ0v) is 17.6. The molecule has 7 heteroatoms. The van der Waals surface area contributed by atoms with E-state index in [0.29, 0.717) is 11.4 Å². The molecule has 0 aromatic heterocycles. The molecule has 1 N–H and O–H groups in total. The number of hydrogen-bond donors (Lipinski definition) is 1. The minimum Gasteiger partial charge on any atom is -0.478 e. The van der Waals surface area contributed by atoms with Crippen molar-refractivity contribution < 1.29 is 9.90 Å². The van der Waals surface area contributed by atoms with Crippen molar-refractivity contribution in [1.29, 1.82) is 0 Å². The van der Waals surface area contributed by atoms with Gasteiger partial charge in [0.1, 0.15) is 0 Å². The van der Waals surface area contributed by atoms with Crippen molar-refractivity contribution in [1.82, 2.24) is 0 Å². The fraction of sp³-hybridized carbons (Fsp3) is 0.208. The van der Waals surface area contributed by atoms with Gasteiger partial charge in [0.15, 0.2) is 0 Å². The number of anilines is 1. The first-order valence-corrected chi connectivity index (χ1v) is 10.2. The first-order valence-electron chi connectivity index (χ1n) is 10.2. The smallest absolute Gasteiger partial charge is 0.335 e. The molecular formula is C24H25N5O2. The van der Waals surface area contributed by atoms with Crippen LogP contribution in [-0.4, -0.2) is 24.2 Å². The van der Waals surface area contributed by atoms with E-state index in [1.807, 2.05) is 24.3 Å². The molecule has 0 saturated carbocycles. The van der Waals surface area contributed by atoms with Gasteiger partial charge in [-0.2, -0.15) is 20.5 Å². The van der Waals surface area contributed by atoms with Gasteiger partial charge >= 0.3 is 5.97 Å². The van der Waals surface area contributed by atoms with E-state index >= 15 is 0 Å². The third-order valence-corrected chi connectivity index (χ3v) is 4.62. The molecule has 0 saturated heterocycles. The average Bonchev–Trinajstić information content (AvgIpc) is 2.81. The van der Waals surface area contributed by atoms with E-state index in [1.54, 1.807) is 24.3 Å². The molecule has 0 bridgehead atoms. The Morgan fingerprint density at radius 1 is 0.710 bits per heavy atom. The SMILES string of the molecule is CCCN(CC)c1ccc(N=Nc2ccc(N=Nc3ccc(C(=O)O)cc3)cc2)cc1. The average molecular weight is 415 g/mol. The zero-order valence-electron chi connectivity index (χ0n) is 17.6. The molecule has 0 aliphatic carbocycles. The highest BCUT2D eigenvalue weighted by molar-refractivity contribution is 5.87. The number of carboxylic acid groups (broad SMARTS) is 1. The van der Waals surface area contributed by atoms with Crippen LogP contribution in [0.3, 0.4) is 0 Å². The maximum atomic E-state index is 10.9. The van der Waals surface area contributed by atoms with E-state index in [-0.39, 0.29) is 5.56 Å². The maximum Gasteiger partial charge on any atom is 0.335 e. The highest BCUT2D eigenvalue weighted by Gasteiger charge is 2.03. The van der Waals surface area contributed by atoms with Crippen LogP contribution in [0.2, 0.25) is 0 Å². The lowest BCUT2D eigenvalue weighted by atomic mass is 10.2. The molecule has 0 amide bonds. The van der Waals surface area contributed by atoms with Crippen LogP contribution in [0.1, 0.15) is 30.6 Å². The van der Waals surface area contributed by atoms with Crippen LogP contribution >= 0.6 is 0 Å². The van der Waals surface area contributed by atoms with E-state index in [2.05, 4.69) is 51.3 Å². The minimum absolute atomic E-state index is 0.215. The summed E-state index contributed by atoms with van der Waals surface area (Å²) in [6.45, 7) is 6.35. The fourth-order valence-electron chi connectivity index (χ4n) is 2.96. The molecular weight excluding hydrogens is 390 g/mol. The summed E-state index contributed by atoms with van der Waals surface area (Å²) in [7, 11) is 0. The van der Waals surface area contributed by atoms with Crippen LogP contribution in [0.25, 0.3) is 0 Å². The third kappa shape index (κ3) is 6.30. The Hall–Kier alpha value is -3.87. The summed E-state index contributed by atoms with van der Waals surface area (Å²) >= 11 is 0. The van der Waals surface area contributed by atoms with Crippen LogP contribution in [0.5, 0.6) is 0 Å². The van der Waals surface area contributed by atoms with Crippen molar-refractivity contribution in [2.24, 2.45) is 20.5 Å². The second kappa shape index (κ2) is 10.8. The van der Waals surface area contributed by atoms with E-state index in [4.69, 9.17) is 5.11 Å². The predicted molar refractivity (Wildman–Crippen MR) is 123 cm³/mol. The van der Waals surface area contributed by atoms with Crippen LogP contribution in [-0.2, 0) is 0 Å². The summed E-state index contributed by atoms with van der Waals surface area (Å²) in [6.07, 6.45) is 1.11. The standard InChI is InChI=1S/C24H25N5O2/c1-3-17-29(4-2)23-15-13-22(14-16-23)28-27-21-11-9-20(10-12-21)26-25-19-7-5-18(6-8-19)24(30)31/h5-16H,3-4,17H2,1-2H3,(H,30,31). The van der Waals surface area contributed by atoms with Gasteiger partial charge < -0.3 is 10.0 Å². The number of carboxylic acids is 1. The van der Waals surface area contributed by atoms with Crippen molar-refractivity contribution in [3.63, 3.8) is 0 Å². The van der Waals surface area contributed by atoms with Crippen LogP contribution in [0.15, 0.2) is 93.3 Å². The van der Waals surface area contributed by atoms with E-state index < -0.39 is 5.97 Å². The van der Waals surface area contributed by atoms with Gasteiger partial charge in [-0.25, -0.2) is 4.79 Å². The van der Waals surface area contributed by atoms with E-state index in [1.165, 1.54) is 17.8 Å². The Morgan fingerprint density at radius 2 is 1.10 bits per heavy atom. The number of benzene rings is 3. The summed E-state index contributed by atoms with van der Waals surface area (Å²) in [5.41, 5.74) is 4.17. The second-order valence-corrected chi connectivity index (χ2v) is 6.86. The lowest BCUT2D eigenvalue weighted by Crippen LogP contribution is -2.23. The molecule has 3 rings (SSSR count). The van der Waals surface area contributed by atoms with Crippen molar-refractivity contribution in [3.8, 4) is 0 Å². The Labute approximate surface area is 181 Å². The van der Waals surface area contributed by atoms with Gasteiger partial charge in [-0.15, -0.1) is 0 Å². The molecule has 0 spiro atoms. The normalized spacial score (nSPS) is 11.3. The summed E-state index contributed by atoms with van der Waals surface area (Å²) in [5.74, 6) is -0.969. The number of azo groups is 2. The highest BCUT2D eigenvalue weighted by Crippen LogP contribution is 2.25. The Kier molecular flexibility index (Phi) is 7.59. The van der Waals surface area contributed by atoms with E-state index in [9.17, 15) is 4.79 Å². The summed E-state index contributed by atoms with van der Waals surface area (Å²) < 4.78 is 0. The number of aromatic carboxylic acids is 1. The van der Waals surface area contributed by atoms with Crippen molar-refractivity contribution in [2.75, 3.05) is 18.0 Å². The summed E-state index contributed by atoms with van der Waals surface area (Å²) in [5, 5.41) is 25.8. The lowest BCUT2D eigenvalue weighted by molar-refractivity contribution is 0.0697. The Balaban J connectivity index is 1.61. The number of hydrogen-bond acceptors (Lipinski definition) is 6. The van der Waals surface area contributed by atoms with E-state index in [0.717, 1.165) is 30.9 Å². The largest absolute Gasteiger partial charge is 0.478 e. The van der Waals surface area contributed by atoms with Crippen molar-refractivity contribution in [3.05, 3.63) is 78.4 Å². The quantitative estimate of drug-likeness (QED) is 0.368. The molecule has 3 aromatic rings. The number of rotatable bonds is 9. The monoisotopic (exact) mass is 415 g/mol. The van der Waals surface area contributed by atoms with Crippen molar-refractivity contribution in [2.45, 2.75) is 20.3 Å². The first kappa shape index (κ1) is 21.8. The Bertz CT molecular complexity index is 1040. The molecule has 0 radical (unpaired) electrons. The first-order chi connectivity index (χ1) is 15.1. The molecule has 0 aliphatic heterocycles. The predicted octanol–water partition coefficient (Wildman–Crippen LogP) is 7.45. The molecule has 158 valence electrons. The molecule has 0 fully saturated rings. The van der Waals surface area contributed by atoms with Gasteiger partial charge in [-0.3, -0.25) is 0 Å². The van der Waals surface area contributed by atoms with Gasteiger partial charge in [0.2, 0.25) is 0 Å². The second-order valence-electron chi connectivity index (χ2n) is 6.86. The van der Waals surface area contributed by atoms with Gasteiger partial charge in [0.05, 0.1) is 28.3 Å². The Morgan fingerprint density at radius 3 is 1.45 bits per heavy atom. The summed E-state index contributed by atoms with van der Waals surface area (Å²) in [6, 6.07) is 21.5. The van der Waals surface area contributed by atoms with Gasteiger partial charge in [0.25, 0.3) is 0 Å². The highest BCUT2D eigenvalue weighted by atomic mass is 16.4. The lowest BCUT2D eigenvalue weighted by Gasteiger charge is -2.22. The van der Waals surface area contributed by atoms with Crippen LogP contribution in [0, 0.1) is 0 Å². The topological polar surface area (TPSA) is 90.0 Å². The third-order valence-electron chi connectivity index (χ3n) is 4.62. The minimum atomic E-state index is -0.969. The van der Waals surface area contributed by atoms with Gasteiger partial charge in [-0.1, -0.05) is 6.92 Å². The fourth-order valence-corrected chi connectivity index (χ4v) is 2.96. The van der Waals surface area contributed by atoms with Crippen molar-refractivity contribution >= 4 is 34.4 Å². The van der Waals surface area contributed by atoms with Gasteiger partial charge in [0, 0.05) is 18.8 Å². The molecule has 7 nitrogen and oxygen atoms in total. The summed E-state index contributed by atoms with van der Waals surface area (Å²) in [4.78, 5) is 13.2. The maximum absolute atomic E-state index is 10.9. The van der Waals surface area contributed by atoms with Crippen LogP contribution in [0.4, 0.5) is 28.4 Å². The molecule has 0 unspecified atom stereocenters. The number of carbonyl (C=O) groups is 1. The van der Waals surface area contributed by atoms with Crippen LogP contribution < -0.4 is 4.90 Å². The molecule has 0 aliphatic rings. The zero-order chi connectivity index (χ0) is 22.1. The molecule has 3 aromatic carbocycles. The van der Waals surface area contributed by atoms with Gasteiger partial charge in [-0.05, 0) is 86.1 Å².